The lowest BCUT2D eigenvalue weighted by atomic mass is 9.91. The maximum absolute atomic E-state index is 12.4. The molecule has 0 bridgehead atoms. The van der Waals surface area contributed by atoms with Crippen molar-refractivity contribution in [2.24, 2.45) is 0 Å². The van der Waals surface area contributed by atoms with Gasteiger partial charge in [-0.25, -0.2) is 9.24 Å². The molecule has 2 aromatic rings. The van der Waals surface area contributed by atoms with Crippen molar-refractivity contribution in [2.75, 3.05) is 34.4 Å². The van der Waals surface area contributed by atoms with Gasteiger partial charge in [0.05, 0.1) is 12.3 Å². The molecule has 1 unspecified atom stereocenters. The Bertz CT molecular complexity index is 649. The van der Waals surface area contributed by atoms with E-state index in [0.29, 0.717) is 13.2 Å². The number of ether oxygens (including phenoxy) is 1. The van der Waals surface area contributed by atoms with E-state index in [1.807, 2.05) is 55.5 Å². The molecule has 2 rings (SSSR count). The van der Waals surface area contributed by atoms with Gasteiger partial charge in [-0.1, -0.05) is 36.4 Å². The van der Waals surface area contributed by atoms with Gasteiger partial charge < -0.3 is 4.74 Å². The highest BCUT2D eigenvalue weighted by Crippen LogP contribution is 2.49. The number of hydrogen-bond acceptors (Lipinski definition) is 5. The second-order valence-corrected chi connectivity index (χ2v) is 8.03. The van der Waals surface area contributed by atoms with Crippen molar-refractivity contribution in [2.45, 2.75) is 12.5 Å². The van der Waals surface area contributed by atoms with Crippen LogP contribution in [0.15, 0.2) is 54.7 Å². The third kappa shape index (κ3) is 4.54. The lowest BCUT2D eigenvalue weighted by Gasteiger charge is -2.31. The summed E-state index contributed by atoms with van der Waals surface area (Å²) >= 11 is 0. The molecule has 1 aromatic carbocycles. The molecular weight excluding hydrogens is 339 g/mol. The highest BCUT2D eigenvalue weighted by molar-refractivity contribution is 7.51. The summed E-state index contributed by atoms with van der Waals surface area (Å²) in [5.74, 6) is 0. The first-order valence-electron chi connectivity index (χ1n) is 8.00. The maximum Gasteiger partial charge on any atom is 0.407 e. The molecule has 136 valence electrons. The molecule has 0 saturated heterocycles. The van der Waals surface area contributed by atoms with Crippen LogP contribution in [0.5, 0.6) is 0 Å². The first-order chi connectivity index (χ1) is 12.0. The summed E-state index contributed by atoms with van der Waals surface area (Å²) < 4.78 is 30.1. The summed E-state index contributed by atoms with van der Waals surface area (Å²) in [7, 11) is 1.15. The standard InChI is InChI=1S/C18H25N2O4P/c1-18(16-10-6-5-7-11-16,17-12-8-9-13-19-17)24-15-14-20(2)25(21,22-3)23-4/h5-13H,14-15H2,1-4H3. The van der Waals surface area contributed by atoms with Crippen LogP contribution in [-0.4, -0.2) is 44.1 Å². The van der Waals surface area contributed by atoms with Crippen LogP contribution in [0.3, 0.4) is 0 Å². The second-order valence-electron chi connectivity index (χ2n) is 5.68. The Hall–Kier alpha value is -1.56. The molecule has 0 aliphatic rings. The number of aromatic nitrogens is 1. The molecule has 0 N–H and O–H groups in total. The van der Waals surface area contributed by atoms with E-state index in [2.05, 4.69) is 4.98 Å². The summed E-state index contributed by atoms with van der Waals surface area (Å²) in [5.41, 5.74) is 1.09. The third-order valence-electron chi connectivity index (χ3n) is 4.16. The Balaban J connectivity index is 2.17. The summed E-state index contributed by atoms with van der Waals surface area (Å²) in [4.78, 5) is 4.46. The summed E-state index contributed by atoms with van der Waals surface area (Å²) in [6.07, 6.45) is 1.75. The average molecular weight is 364 g/mol. The number of likely N-dealkylation sites (N-methyl/N-ethyl adjacent to an activating group) is 1. The zero-order valence-corrected chi connectivity index (χ0v) is 16.0. The Morgan fingerprint density at radius 3 is 2.28 bits per heavy atom. The van der Waals surface area contributed by atoms with Gasteiger partial charge in [-0.3, -0.25) is 14.0 Å². The molecule has 0 fully saturated rings. The lowest BCUT2D eigenvalue weighted by molar-refractivity contribution is -0.0116. The van der Waals surface area contributed by atoms with Gasteiger partial charge in [0.15, 0.2) is 0 Å². The van der Waals surface area contributed by atoms with Crippen LogP contribution >= 0.6 is 7.75 Å². The van der Waals surface area contributed by atoms with Crippen LogP contribution in [0, 0.1) is 0 Å². The monoisotopic (exact) mass is 364 g/mol. The lowest BCUT2D eigenvalue weighted by Crippen LogP contribution is -2.32. The first kappa shape index (κ1) is 19.8. The van der Waals surface area contributed by atoms with Gasteiger partial charge >= 0.3 is 7.75 Å². The van der Waals surface area contributed by atoms with Gasteiger partial charge in [0.2, 0.25) is 0 Å². The molecule has 0 aliphatic heterocycles. The van der Waals surface area contributed by atoms with Crippen molar-refractivity contribution < 1.29 is 18.3 Å². The minimum Gasteiger partial charge on any atom is -0.363 e. The Labute approximate surface area is 149 Å². The average Bonchev–Trinajstić information content (AvgIpc) is 2.68. The molecule has 0 aliphatic carbocycles. The molecule has 1 atom stereocenters. The number of nitrogens with zero attached hydrogens (tertiary/aromatic N) is 2. The van der Waals surface area contributed by atoms with Crippen LogP contribution in [0.1, 0.15) is 18.2 Å². The van der Waals surface area contributed by atoms with Crippen LogP contribution in [0.25, 0.3) is 0 Å². The molecule has 6 nitrogen and oxygen atoms in total. The topological polar surface area (TPSA) is 60.9 Å². The Morgan fingerprint density at radius 2 is 1.72 bits per heavy atom. The molecule has 7 heteroatoms. The van der Waals surface area contributed by atoms with Crippen molar-refractivity contribution in [1.82, 2.24) is 9.65 Å². The smallest absolute Gasteiger partial charge is 0.363 e. The summed E-state index contributed by atoms with van der Waals surface area (Å²) in [6.45, 7) is 2.69. The van der Waals surface area contributed by atoms with E-state index in [0.717, 1.165) is 11.3 Å². The van der Waals surface area contributed by atoms with Crippen molar-refractivity contribution in [1.29, 1.82) is 0 Å². The van der Waals surface area contributed by atoms with Gasteiger partial charge in [0, 0.05) is 27.0 Å². The Kier molecular flexibility index (Phi) is 6.87. The second kappa shape index (κ2) is 8.70. The van der Waals surface area contributed by atoms with Gasteiger partial charge in [-0.15, -0.1) is 0 Å². The fraction of sp³-hybridized carbons (Fsp3) is 0.389. The van der Waals surface area contributed by atoms with E-state index in [1.54, 1.807) is 13.2 Å². The highest BCUT2D eigenvalue weighted by Gasteiger charge is 2.33. The van der Waals surface area contributed by atoms with Crippen LogP contribution in [0.4, 0.5) is 0 Å². The predicted molar refractivity (Wildman–Crippen MR) is 97.3 cm³/mol. The SMILES string of the molecule is COP(=O)(OC)N(C)CCOC(C)(c1ccccc1)c1ccccn1. The summed E-state index contributed by atoms with van der Waals surface area (Å²) in [6, 6.07) is 15.7. The van der Waals surface area contributed by atoms with E-state index in [4.69, 9.17) is 13.8 Å². The van der Waals surface area contributed by atoms with Gasteiger partial charge in [-0.05, 0) is 31.7 Å². The minimum absolute atomic E-state index is 0.329. The molecule has 25 heavy (non-hydrogen) atoms. The van der Waals surface area contributed by atoms with E-state index in [9.17, 15) is 4.57 Å². The van der Waals surface area contributed by atoms with E-state index >= 15 is 0 Å². The van der Waals surface area contributed by atoms with E-state index < -0.39 is 13.3 Å². The quantitative estimate of drug-likeness (QED) is 0.633. The zero-order chi connectivity index (χ0) is 18.3. The molecule has 0 amide bonds. The number of pyridine rings is 1. The molecule has 0 radical (unpaired) electrons. The number of rotatable bonds is 9. The third-order valence-corrected chi connectivity index (χ3v) is 6.12. The number of hydrogen-bond donors (Lipinski definition) is 0. The van der Waals surface area contributed by atoms with Crippen molar-refractivity contribution in [3.8, 4) is 0 Å². The van der Waals surface area contributed by atoms with Crippen LogP contribution in [0.2, 0.25) is 0 Å². The first-order valence-corrected chi connectivity index (χ1v) is 9.50. The van der Waals surface area contributed by atoms with E-state index in [1.165, 1.54) is 18.9 Å². The van der Waals surface area contributed by atoms with Gasteiger partial charge in [0.25, 0.3) is 0 Å². The fourth-order valence-electron chi connectivity index (χ4n) is 2.56. The van der Waals surface area contributed by atoms with Crippen LogP contribution in [-0.2, 0) is 24.0 Å². The number of benzene rings is 1. The molecule has 0 spiro atoms. The highest BCUT2D eigenvalue weighted by atomic mass is 31.2. The summed E-state index contributed by atoms with van der Waals surface area (Å²) in [5, 5.41) is 0. The van der Waals surface area contributed by atoms with E-state index in [-0.39, 0.29) is 0 Å². The van der Waals surface area contributed by atoms with Gasteiger partial charge in [-0.2, -0.15) is 0 Å². The van der Waals surface area contributed by atoms with Crippen molar-refractivity contribution >= 4 is 7.75 Å². The van der Waals surface area contributed by atoms with Crippen molar-refractivity contribution in [3.63, 3.8) is 0 Å². The van der Waals surface area contributed by atoms with Crippen molar-refractivity contribution in [3.05, 3.63) is 66.0 Å². The fourth-order valence-corrected chi connectivity index (χ4v) is 3.60. The molecular formula is C18H25N2O4P. The largest absolute Gasteiger partial charge is 0.407 e. The van der Waals surface area contributed by atoms with Crippen LogP contribution < -0.4 is 0 Å². The van der Waals surface area contributed by atoms with Gasteiger partial charge in [0.1, 0.15) is 5.60 Å². The predicted octanol–water partition coefficient (Wildman–Crippen LogP) is 3.69. The zero-order valence-electron chi connectivity index (χ0n) is 15.1. The Morgan fingerprint density at radius 1 is 1.08 bits per heavy atom. The normalized spacial score (nSPS) is 14.4. The molecule has 1 heterocycles. The maximum atomic E-state index is 12.4. The minimum atomic E-state index is -3.26. The molecule has 1 aromatic heterocycles. The molecule has 0 saturated carbocycles.